The van der Waals surface area contributed by atoms with E-state index in [0.717, 1.165) is 5.56 Å². The molecule has 1 aromatic rings. The van der Waals surface area contributed by atoms with Gasteiger partial charge in [0.25, 0.3) is 0 Å². The predicted molar refractivity (Wildman–Crippen MR) is 58.9 cm³/mol. The maximum Gasteiger partial charge on any atom is 0.342 e. The van der Waals surface area contributed by atoms with Crippen LogP contribution in [0.2, 0.25) is 0 Å². The summed E-state index contributed by atoms with van der Waals surface area (Å²) in [4.78, 5) is 22.4. The van der Waals surface area contributed by atoms with E-state index in [1.54, 1.807) is 6.92 Å². The van der Waals surface area contributed by atoms with Gasteiger partial charge >= 0.3 is 5.97 Å². The third-order valence-electron chi connectivity index (χ3n) is 2.61. The molecule has 0 heterocycles. The van der Waals surface area contributed by atoms with Crippen LogP contribution in [0.1, 0.15) is 38.8 Å². The first-order valence-electron chi connectivity index (χ1n) is 4.95. The Hall–Kier alpha value is -1.84. The fraction of sp³-hybridized carbons (Fsp3) is 0.333. The number of hydrogen-bond acceptors (Lipinski definition) is 4. The van der Waals surface area contributed by atoms with Crippen molar-refractivity contribution in [1.82, 2.24) is 0 Å². The molecule has 0 radical (unpaired) electrons. The van der Waals surface area contributed by atoms with E-state index in [1.165, 1.54) is 13.2 Å². The highest BCUT2D eigenvalue weighted by Crippen LogP contribution is 2.27. The van der Waals surface area contributed by atoms with E-state index < -0.39 is 5.97 Å². The molecule has 0 aromatic heterocycles. The van der Waals surface area contributed by atoms with Gasteiger partial charge in [0.05, 0.1) is 7.11 Å². The normalized spacial score (nSPS) is 9.94. The van der Waals surface area contributed by atoms with Crippen LogP contribution < -0.4 is 0 Å². The van der Waals surface area contributed by atoms with Crippen LogP contribution in [-0.4, -0.2) is 24.5 Å². The van der Waals surface area contributed by atoms with Gasteiger partial charge in [-0.2, -0.15) is 0 Å². The Morgan fingerprint density at radius 1 is 1.56 bits per heavy atom. The van der Waals surface area contributed by atoms with Gasteiger partial charge in [0.15, 0.2) is 6.29 Å². The van der Waals surface area contributed by atoms with Gasteiger partial charge in [-0.25, -0.2) is 4.79 Å². The Kier molecular flexibility index (Phi) is 3.66. The maximum absolute atomic E-state index is 11.4. The average Bonchev–Trinajstić information content (AvgIpc) is 2.29. The Morgan fingerprint density at radius 3 is 2.62 bits per heavy atom. The summed E-state index contributed by atoms with van der Waals surface area (Å²) in [6, 6.07) is 1.49. The van der Waals surface area contributed by atoms with Crippen molar-refractivity contribution >= 4 is 12.3 Å². The van der Waals surface area contributed by atoms with Crippen molar-refractivity contribution in [2.75, 3.05) is 7.11 Å². The van der Waals surface area contributed by atoms with Crippen molar-refractivity contribution < 1.29 is 19.4 Å². The summed E-state index contributed by atoms with van der Waals surface area (Å²) >= 11 is 0. The number of phenols is 1. The number of esters is 1. The Bertz CT molecular complexity index is 435. The van der Waals surface area contributed by atoms with Crippen LogP contribution in [0.5, 0.6) is 5.75 Å². The van der Waals surface area contributed by atoms with Crippen molar-refractivity contribution in [2.24, 2.45) is 0 Å². The largest absolute Gasteiger partial charge is 0.507 e. The molecule has 0 atom stereocenters. The molecule has 0 bridgehead atoms. The van der Waals surface area contributed by atoms with Gasteiger partial charge in [-0.05, 0) is 30.5 Å². The highest BCUT2D eigenvalue weighted by Gasteiger charge is 2.20. The molecule has 0 saturated carbocycles. The third kappa shape index (κ3) is 1.91. The summed E-state index contributed by atoms with van der Waals surface area (Å²) in [7, 11) is 1.21. The number of carbonyl (C=O) groups excluding carboxylic acids is 2. The van der Waals surface area contributed by atoms with E-state index in [-0.39, 0.29) is 16.9 Å². The first-order valence-corrected chi connectivity index (χ1v) is 4.95. The molecular formula is C12H14O4. The van der Waals surface area contributed by atoms with Gasteiger partial charge in [0.2, 0.25) is 0 Å². The molecule has 4 nitrogen and oxygen atoms in total. The number of aromatic hydroxyl groups is 1. The highest BCUT2D eigenvalue weighted by molar-refractivity contribution is 6.01. The van der Waals surface area contributed by atoms with Gasteiger partial charge in [-0.3, -0.25) is 4.79 Å². The zero-order valence-electron chi connectivity index (χ0n) is 9.53. The van der Waals surface area contributed by atoms with E-state index in [2.05, 4.69) is 4.74 Å². The van der Waals surface area contributed by atoms with Crippen LogP contribution in [0.4, 0.5) is 0 Å². The molecule has 1 N–H and O–H groups in total. The van der Waals surface area contributed by atoms with Crippen LogP contribution in [-0.2, 0) is 11.2 Å². The number of aldehydes is 1. The summed E-state index contributed by atoms with van der Waals surface area (Å²) in [6.45, 7) is 3.66. The van der Waals surface area contributed by atoms with Crippen LogP contribution >= 0.6 is 0 Å². The first kappa shape index (κ1) is 12.2. The molecule has 0 unspecified atom stereocenters. The molecule has 0 fully saturated rings. The minimum Gasteiger partial charge on any atom is -0.507 e. The summed E-state index contributed by atoms with van der Waals surface area (Å²) in [5, 5.41) is 9.70. The lowest BCUT2D eigenvalue weighted by molar-refractivity contribution is 0.0595. The number of ether oxygens (including phenoxy) is 1. The molecular weight excluding hydrogens is 208 g/mol. The molecule has 0 spiro atoms. The number of methoxy groups -OCH3 is 1. The van der Waals surface area contributed by atoms with Crippen molar-refractivity contribution in [1.29, 1.82) is 0 Å². The van der Waals surface area contributed by atoms with Crippen molar-refractivity contribution in [3.63, 3.8) is 0 Å². The van der Waals surface area contributed by atoms with Gasteiger partial charge in [0.1, 0.15) is 11.3 Å². The van der Waals surface area contributed by atoms with Crippen LogP contribution in [0.3, 0.4) is 0 Å². The molecule has 0 aliphatic carbocycles. The second-order valence-corrected chi connectivity index (χ2v) is 3.43. The molecule has 86 valence electrons. The zero-order chi connectivity index (χ0) is 12.3. The Balaban J connectivity index is 3.55. The smallest absolute Gasteiger partial charge is 0.342 e. The summed E-state index contributed by atoms with van der Waals surface area (Å²) in [5.41, 5.74) is 1.68. The Labute approximate surface area is 93.9 Å². The van der Waals surface area contributed by atoms with Gasteiger partial charge in [0, 0.05) is 5.56 Å². The van der Waals surface area contributed by atoms with Crippen LogP contribution in [0, 0.1) is 6.92 Å². The number of aryl methyl sites for hydroxylation is 1. The van der Waals surface area contributed by atoms with E-state index in [0.29, 0.717) is 18.3 Å². The van der Waals surface area contributed by atoms with Crippen molar-refractivity contribution in [3.8, 4) is 5.75 Å². The van der Waals surface area contributed by atoms with Crippen molar-refractivity contribution in [2.45, 2.75) is 20.3 Å². The molecule has 0 aliphatic rings. The van der Waals surface area contributed by atoms with Gasteiger partial charge in [-0.1, -0.05) is 6.92 Å². The van der Waals surface area contributed by atoms with Gasteiger partial charge in [-0.15, -0.1) is 0 Å². The average molecular weight is 222 g/mol. The highest BCUT2D eigenvalue weighted by atomic mass is 16.5. The molecule has 0 saturated heterocycles. The van der Waals surface area contributed by atoms with E-state index in [9.17, 15) is 14.7 Å². The molecule has 1 aromatic carbocycles. The molecule has 1 rings (SSSR count). The second kappa shape index (κ2) is 4.79. The fourth-order valence-electron chi connectivity index (χ4n) is 1.68. The third-order valence-corrected chi connectivity index (χ3v) is 2.61. The standard InChI is InChI=1S/C12H14O4/c1-4-8-5-10(14)11(12(15)16-3)9(6-13)7(8)2/h5-6,14H,4H2,1-3H3. The topological polar surface area (TPSA) is 63.6 Å². The number of phenolic OH excluding ortho intramolecular Hbond substituents is 1. The Morgan fingerprint density at radius 2 is 2.19 bits per heavy atom. The number of carbonyl (C=O) groups is 2. The molecule has 0 aliphatic heterocycles. The summed E-state index contributed by atoms with van der Waals surface area (Å²) < 4.78 is 4.53. The molecule has 16 heavy (non-hydrogen) atoms. The lowest BCUT2D eigenvalue weighted by Gasteiger charge is -2.12. The van der Waals surface area contributed by atoms with Crippen molar-refractivity contribution in [3.05, 3.63) is 28.3 Å². The summed E-state index contributed by atoms with van der Waals surface area (Å²) in [5.74, 6) is -0.915. The fourth-order valence-corrected chi connectivity index (χ4v) is 1.68. The molecule has 0 amide bonds. The van der Waals surface area contributed by atoms with Crippen LogP contribution in [0.25, 0.3) is 0 Å². The van der Waals surface area contributed by atoms with E-state index in [1.807, 2.05) is 6.92 Å². The zero-order valence-corrected chi connectivity index (χ0v) is 9.53. The lowest BCUT2D eigenvalue weighted by atomic mass is 9.95. The number of rotatable bonds is 3. The lowest BCUT2D eigenvalue weighted by Crippen LogP contribution is -2.09. The monoisotopic (exact) mass is 222 g/mol. The predicted octanol–water partition coefficient (Wildman–Crippen LogP) is 1.86. The quantitative estimate of drug-likeness (QED) is 0.626. The second-order valence-electron chi connectivity index (χ2n) is 3.43. The summed E-state index contributed by atoms with van der Waals surface area (Å²) in [6.07, 6.45) is 1.25. The molecule has 4 heteroatoms. The van der Waals surface area contributed by atoms with E-state index in [4.69, 9.17) is 0 Å². The minimum absolute atomic E-state index is 0.0628. The maximum atomic E-state index is 11.4. The number of benzene rings is 1. The van der Waals surface area contributed by atoms with E-state index >= 15 is 0 Å². The SMILES string of the molecule is CCc1cc(O)c(C(=O)OC)c(C=O)c1C. The first-order chi connectivity index (χ1) is 7.56. The van der Waals surface area contributed by atoms with Gasteiger partial charge < -0.3 is 9.84 Å². The minimum atomic E-state index is -0.703. The number of hydrogen-bond donors (Lipinski definition) is 1. The van der Waals surface area contributed by atoms with Crippen LogP contribution in [0.15, 0.2) is 6.07 Å².